The van der Waals surface area contributed by atoms with E-state index >= 15 is 0 Å². The number of rotatable bonds is 4. The van der Waals surface area contributed by atoms with Crippen molar-refractivity contribution in [2.24, 2.45) is 0 Å². The molecule has 0 saturated carbocycles. The van der Waals surface area contributed by atoms with Crippen LogP contribution in [0.2, 0.25) is 18.1 Å². The third-order valence-electron chi connectivity index (χ3n) is 4.27. The van der Waals surface area contributed by atoms with E-state index in [0.717, 1.165) is 5.69 Å². The smallest absolute Gasteiger partial charge is 0.192 e. The van der Waals surface area contributed by atoms with Gasteiger partial charge in [0.05, 0.1) is 24.3 Å². The van der Waals surface area contributed by atoms with Crippen LogP contribution in [0.4, 0.5) is 10.1 Å². The van der Waals surface area contributed by atoms with Gasteiger partial charge < -0.3 is 14.7 Å². The Hall–Kier alpha value is -1.66. The summed E-state index contributed by atoms with van der Waals surface area (Å²) in [5, 5.41) is 0.151. The molecule has 1 heterocycles. The summed E-state index contributed by atoms with van der Waals surface area (Å²) in [4.78, 5) is 4.30. The lowest BCUT2D eigenvalue weighted by Crippen LogP contribution is -2.40. The molecule has 0 amide bonds. The molecule has 1 aromatic heterocycles. The van der Waals surface area contributed by atoms with Crippen LogP contribution in [-0.4, -0.2) is 17.9 Å². The van der Waals surface area contributed by atoms with Gasteiger partial charge in [-0.2, -0.15) is 0 Å². The molecule has 0 saturated heterocycles. The van der Waals surface area contributed by atoms with Crippen LogP contribution < -0.4 is 5.73 Å². The number of benzene rings is 1. The molecule has 0 bridgehead atoms. The van der Waals surface area contributed by atoms with Crippen molar-refractivity contribution in [2.75, 3.05) is 5.73 Å². The molecule has 0 spiro atoms. The van der Waals surface area contributed by atoms with Gasteiger partial charge in [-0.15, -0.1) is 0 Å². The molecule has 2 aromatic rings. The van der Waals surface area contributed by atoms with E-state index in [1.165, 1.54) is 6.07 Å². The first kappa shape index (κ1) is 16.7. The lowest BCUT2D eigenvalue weighted by atomic mass is 10.2. The van der Waals surface area contributed by atoms with Crippen LogP contribution in [0.25, 0.3) is 5.69 Å². The van der Waals surface area contributed by atoms with Crippen molar-refractivity contribution >= 4 is 14.0 Å². The molecule has 2 N–H and O–H groups in total. The minimum Gasteiger partial charge on any atom is -0.411 e. The van der Waals surface area contributed by atoms with Crippen molar-refractivity contribution in [2.45, 2.75) is 45.5 Å². The van der Waals surface area contributed by atoms with Crippen molar-refractivity contribution in [3.8, 4) is 5.69 Å². The summed E-state index contributed by atoms with van der Waals surface area (Å²) < 4.78 is 21.7. The number of aromatic nitrogens is 2. The average Bonchev–Trinajstić information content (AvgIpc) is 2.83. The van der Waals surface area contributed by atoms with Gasteiger partial charge in [-0.25, -0.2) is 9.37 Å². The van der Waals surface area contributed by atoms with E-state index in [1.807, 2.05) is 0 Å². The monoisotopic (exact) mass is 321 g/mol. The molecule has 1 aromatic carbocycles. The van der Waals surface area contributed by atoms with Crippen LogP contribution in [0.3, 0.4) is 0 Å². The fourth-order valence-corrected chi connectivity index (χ4v) is 2.72. The lowest BCUT2D eigenvalue weighted by molar-refractivity contribution is 0.272. The predicted molar refractivity (Wildman–Crippen MR) is 89.9 cm³/mol. The molecule has 6 heteroatoms. The van der Waals surface area contributed by atoms with Gasteiger partial charge in [-0.05, 0) is 36.3 Å². The molecule has 22 heavy (non-hydrogen) atoms. The average molecular weight is 321 g/mol. The summed E-state index contributed by atoms with van der Waals surface area (Å²) in [6, 6.07) is 4.62. The summed E-state index contributed by atoms with van der Waals surface area (Å²) in [6.45, 7) is 11.4. The largest absolute Gasteiger partial charge is 0.411 e. The first-order valence-electron chi connectivity index (χ1n) is 7.32. The maximum absolute atomic E-state index is 13.9. The molecule has 120 valence electrons. The van der Waals surface area contributed by atoms with E-state index in [2.05, 4.69) is 38.8 Å². The Morgan fingerprint density at radius 3 is 2.59 bits per heavy atom. The van der Waals surface area contributed by atoms with Crippen LogP contribution in [0.5, 0.6) is 0 Å². The third-order valence-corrected chi connectivity index (χ3v) is 8.75. The fraction of sp³-hybridized carbons (Fsp3) is 0.438. The second-order valence-electron chi connectivity index (χ2n) is 7.03. The molecule has 0 atom stereocenters. The van der Waals surface area contributed by atoms with Crippen molar-refractivity contribution in [3.63, 3.8) is 0 Å². The van der Waals surface area contributed by atoms with Crippen LogP contribution in [-0.2, 0) is 11.0 Å². The highest BCUT2D eigenvalue weighted by Crippen LogP contribution is 2.37. The van der Waals surface area contributed by atoms with Gasteiger partial charge in [-0.3, -0.25) is 0 Å². The molecular formula is C16H24FN3OSi. The summed E-state index contributed by atoms with van der Waals surface area (Å²) in [6.07, 6.45) is 3.39. The Balaban J connectivity index is 2.12. The summed E-state index contributed by atoms with van der Waals surface area (Å²) in [7, 11) is -1.82. The zero-order valence-electron chi connectivity index (χ0n) is 13.9. The Bertz CT molecular complexity index is 662. The number of hydrogen-bond donors (Lipinski definition) is 1. The van der Waals surface area contributed by atoms with Crippen LogP contribution in [0, 0.1) is 5.82 Å². The normalized spacial score (nSPS) is 12.6. The molecule has 0 aliphatic rings. The lowest BCUT2D eigenvalue weighted by Gasteiger charge is -2.35. The van der Waals surface area contributed by atoms with E-state index < -0.39 is 8.32 Å². The molecule has 2 rings (SSSR count). The van der Waals surface area contributed by atoms with Crippen LogP contribution in [0.1, 0.15) is 26.5 Å². The maximum atomic E-state index is 13.9. The van der Waals surface area contributed by atoms with Gasteiger partial charge in [0.25, 0.3) is 0 Å². The number of nitrogens with two attached hydrogens (primary N) is 1. The number of halogens is 1. The summed E-state index contributed by atoms with van der Waals surface area (Å²) in [5.74, 6) is -0.366. The first-order chi connectivity index (χ1) is 10.1. The summed E-state index contributed by atoms with van der Waals surface area (Å²) in [5.41, 5.74) is 7.20. The molecular weight excluding hydrogens is 297 g/mol. The molecule has 0 radical (unpaired) electrons. The molecule has 0 aliphatic heterocycles. The Kier molecular flexibility index (Phi) is 4.44. The van der Waals surface area contributed by atoms with Crippen molar-refractivity contribution in [1.29, 1.82) is 0 Å². The van der Waals surface area contributed by atoms with Gasteiger partial charge in [0.2, 0.25) is 0 Å². The third kappa shape index (κ3) is 3.56. The van der Waals surface area contributed by atoms with Crippen LogP contribution >= 0.6 is 0 Å². The Labute approximate surface area is 132 Å². The highest BCUT2D eigenvalue weighted by atomic mass is 28.4. The second kappa shape index (κ2) is 5.85. The van der Waals surface area contributed by atoms with Gasteiger partial charge in [-0.1, -0.05) is 20.8 Å². The molecule has 0 unspecified atom stereocenters. The van der Waals surface area contributed by atoms with E-state index in [1.54, 1.807) is 29.2 Å². The van der Waals surface area contributed by atoms with E-state index in [9.17, 15) is 4.39 Å². The zero-order chi connectivity index (χ0) is 16.5. The number of hydrogen-bond acceptors (Lipinski definition) is 3. The van der Waals surface area contributed by atoms with Crippen molar-refractivity contribution in [1.82, 2.24) is 9.55 Å². The van der Waals surface area contributed by atoms with Gasteiger partial charge in [0.15, 0.2) is 8.32 Å². The topological polar surface area (TPSA) is 53.1 Å². The quantitative estimate of drug-likeness (QED) is 0.681. The highest BCUT2D eigenvalue weighted by Gasteiger charge is 2.37. The number of imidazole rings is 1. The second-order valence-corrected chi connectivity index (χ2v) is 11.8. The highest BCUT2D eigenvalue weighted by molar-refractivity contribution is 6.74. The minimum atomic E-state index is -1.82. The van der Waals surface area contributed by atoms with Crippen LogP contribution in [0.15, 0.2) is 30.7 Å². The van der Waals surface area contributed by atoms with Gasteiger partial charge in [0.1, 0.15) is 5.82 Å². The molecule has 0 aliphatic carbocycles. The predicted octanol–water partition coefficient (Wildman–Crippen LogP) is 4.12. The Morgan fingerprint density at radius 2 is 2.00 bits per heavy atom. The number of nitrogen functional groups attached to an aromatic ring is 1. The van der Waals surface area contributed by atoms with Gasteiger partial charge >= 0.3 is 0 Å². The summed E-state index contributed by atoms with van der Waals surface area (Å²) >= 11 is 0. The Morgan fingerprint density at radius 1 is 1.32 bits per heavy atom. The van der Waals surface area contributed by atoms with Gasteiger partial charge in [0, 0.05) is 11.9 Å². The van der Waals surface area contributed by atoms with E-state index in [-0.39, 0.29) is 10.9 Å². The number of anilines is 1. The van der Waals surface area contributed by atoms with Crippen molar-refractivity contribution in [3.05, 3.63) is 42.2 Å². The van der Waals surface area contributed by atoms with Crippen molar-refractivity contribution < 1.29 is 8.82 Å². The minimum absolute atomic E-state index is 0.151. The SMILES string of the molecule is CC(C)(C)[Si](C)(C)OCc1cn(-c2ccc(N)cc2F)cn1. The molecule has 0 fully saturated rings. The van der Waals surface area contributed by atoms with E-state index in [0.29, 0.717) is 18.0 Å². The van der Waals surface area contributed by atoms with E-state index in [4.69, 9.17) is 10.2 Å². The number of nitrogens with zero attached hydrogens (tertiary/aromatic N) is 2. The standard InChI is InChI=1S/C16H24FN3OSi/c1-16(2,3)22(4,5)21-10-13-9-20(11-19-13)15-7-6-12(18)8-14(15)17/h6-9,11H,10,18H2,1-5H3. The first-order valence-corrected chi connectivity index (χ1v) is 10.2. The molecule has 4 nitrogen and oxygen atoms in total. The fourth-order valence-electron chi connectivity index (χ4n) is 1.77. The zero-order valence-corrected chi connectivity index (χ0v) is 14.9. The maximum Gasteiger partial charge on any atom is 0.192 e.